The number of hydrogen-bond donors (Lipinski definition) is 0. The van der Waals surface area contributed by atoms with Crippen LogP contribution in [-0.4, -0.2) is 9.55 Å². The van der Waals surface area contributed by atoms with Gasteiger partial charge in [0.15, 0.2) is 0 Å². The van der Waals surface area contributed by atoms with Crippen LogP contribution in [0.15, 0.2) is 84.2 Å². The molecule has 0 spiro atoms. The molecule has 2 nitrogen and oxygen atoms in total. The van der Waals surface area contributed by atoms with Gasteiger partial charge < -0.3 is 0 Å². The van der Waals surface area contributed by atoms with Crippen LogP contribution in [0.4, 0.5) is 0 Å². The maximum absolute atomic E-state index is 5.23. The van der Waals surface area contributed by atoms with Crippen molar-refractivity contribution >= 4 is 43.2 Å². The van der Waals surface area contributed by atoms with Crippen LogP contribution in [0.1, 0.15) is 50.7 Å². The number of aromatic nitrogens is 2. The summed E-state index contributed by atoms with van der Waals surface area (Å²) >= 11 is 1.81. The van der Waals surface area contributed by atoms with Crippen LogP contribution in [0.5, 0.6) is 0 Å². The largest absolute Gasteiger partial charge is 0.292 e. The molecule has 0 aliphatic rings. The molecule has 0 atom stereocenters. The third-order valence-electron chi connectivity index (χ3n) is 6.81. The van der Waals surface area contributed by atoms with Gasteiger partial charge in [0, 0.05) is 21.0 Å². The number of fused-ring (bicyclic) bond motifs is 3. The second kappa shape index (κ2) is 8.11. The molecule has 0 fully saturated rings. The molecule has 0 saturated carbocycles. The number of imidazole rings is 1. The van der Waals surface area contributed by atoms with E-state index in [9.17, 15) is 0 Å². The van der Waals surface area contributed by atoms with Crippen LogP contribution in [0.3, 0.4) is 0 Å². The van der Waals surface area contributed by atoms with Crippen molar-refractivity contribution in [2.75, 3.05) is 0 Å². The van der Waals surface area contributed by atoms with Crippen molar-refractivity contribution < 1.29 is 0 Å². The summed E-state index contributed by atoms with van der Waals surface area (Å²) in [5.74, 6) is 1.84. The van der Waals surface area contributed by atoms with Gasteiger partial charge in [-0.3, -0.25) is 4.57 Å². The predicted molar refractivity (Wildman–Crippen MR) is 148 cm³/mol. The first-order chi connectivity index (χ1) is 16.5. The summed E-state index contributed by atoms with van der Waals surface area (Å²) in [6, 6.07) is 28.6. The third kappa shape index (κ3) is 3.26. The molecular weight excluding hydrogens is 432 g/mol. The average Bonchev–Trinajstić information content (AvgIpc) is 3.42. The fourth-order valence-electron chi connectivity index (χ4n) is 5.09. The molecule has 0 unspecified atom stereocenters. The van der Waals surface area contributed by atoms with Crippen LogP contribution >= 0.6 is 11.3 Å². The minimum Gasteiger partial charge on any atom is -0.292 e. The molecule has 2 aromatic heterocycles. The standard InChI is InChI=1S/C31H28N2S/c1-19(2)23-12-9-13-24(20(3)4)30(23)33-28-15-8-7-14-27(28)32-31(33)26-18-34-29-17-22-11-6-5-10-21(22)16-25(26)29/h5-20H,1-4H3. The Morgan fingerprint density at radius 2 is 1.38 bits per heavy atom. The van der Waals surface area contributed by atoms with E-state index < -0.39 is 0 Å². The predicted octanol–water partition coefficient (Wildman–Crippen LogP) is 9.31. The fraction of sp³-hybridized carbons (Fsp3) is 0.194. The Hall–Kier alpha value is -3.43. The van der Waals surface area contributed by atoms with E-state index >= 15 is 0 Å². The molecule has 168 valence electrons. The summed E-state index contributed by atoms with van der Waals surface area (Å²) in [5, 5.41) is 6.11. The van der Waals surface area contributed by atoms with Crippen molar-refractivity contribution in [3.05, 3.63) is 95.4 Å². The smallest absolute Gasteiger partial charge is 0.147 e. The van der Waals surface area contributed by atoms with Crippen LogP contribution in [-0.2, 0) is 0 Å². The Morgan fingerprint density at radius 1 is 0.735 bits per heavy atom. The maximum atomic E-state index is 5.23. The molecule has 0 aliphatic heterocycles. The van der Waals surface area contributed by atoms with Gasteiger partial charge in [-0.05, 0) is 58.0 Å². The van der Waals surface area contributed by atoms with Crippen molar-refractivity contribution in [2.24, 2.45) is 0 Å². The zero-order valence-electron chi connectivity index (χ0n) is 20.0. The van der Waals surface area contributed by atoms with E-state index in [-0.39, 0.29) is 0 Å². The number of rotatable bonds is 4. The highest BCUT2D eigenvalue weighted by atomic mass is 32.1. The number of para-hydroxylation sites is 3. The summed E-state index contributed by atoms with van der Waals surface area (Å²) in [6.45, 7) is 9.14. The maximum Gasteiger partial charge on any atom is 0.147 e. The molecule has 0 N–H and O–H groups in total. The Balaban J connectivity index is 1.73. The van der Waals surface area contributed by atoms with E-state index in [1.807, 2.05) is 0 Å². The van der Waals surface area contributed by atoms with Gasteiger partial charge in [-0.2, -0.15) is 0 Å². The first-order valence-corrected chi connectivity index (χ1v) is 12.9. The SMILES string of the molecule is CC(C)c1cccc(C(C)C)c1-n1c(-c2csc3cc4ccccc4cc23)nc2ccccc21. The van der Waals surface area contributed by atoms with Crippen molar-refractivity contribution in [3.8, 4) is 17.1 Å². The lowest BCUT2D eigenvalue weighted by Crippen LogP contribution is -2.08. The van der Waals surface area contributed by atoms with Crippen LogP contribution < -0.4 is 0 Å². The highest BCUT2D eigenvalue weighted by molar-refractivity contribution is 7.17. The molecule has 3 heteroatoms. The normalized spacial score (nSPS) is 12.1. The minimum atomic E-state index is 0.408. The molecule has 4 aromatic carbocycles. The van der Waals surface area contributed by atoms with Gasteiger partial charge in [0.1, 0.15) is 5.82 Å². The topological polar surface area (TPSA) is 17.8 Å². The van der Waals surface area contributed by atoms with Crippen LogP contribution in [0.25, 0.3) is 49.0 Å². The van der Waals surface area contributed by atoms with Crippen molar-refractivity contribution in [1.82, 2.24) is 9.55 Å². The van der Waals surface area contributed by atoms with Gasteiger partial charge in [0.05, 0.1) is 16.7 Å². The molecule has 2 heterocycles. The first kappa shape index (κ1) is 21.1. The van der Waals surface area contributed by atoms with E-state index in [0.717, 1.165) is 16.9 Å². The first-order valence-electron chi connectivity index (χ1n) is 12.0. The summed E-state index contributed by atoms with van der Waals surface area (Å²) in [4.78, 5) is 5.23. The Kier molecular flexibility index (Phi) is 5.04. The molecule has 0 aliphatic carbocycles. The van der Waals surface area contributed by atoms with Gasteiger partial charge in [0.25, 0.3) is 0 Å². The molecule has 0 bridgehead atoms. The van der Waals surface area contributed by atoms with Crippen molar-refractivity contribution in [3.63, 3.8) is 0 Å². The number of hydrogen-bond acceptors (Lipinski definition) is 2. The lowest BCUT2D eigenvalue weighted by molar-refractivity contribution is 0.811. The van der Waals surface area contributed by atoms with E-state index in [0.29, 0.717) is 11.8 Å². The quantitative estimate of drug-likeness (QED) is 0.256. The summed E-state index contributed by atoms with van der Waals surface area (Å²) in [6.07, 6.45) is 0. The van der Waals surface area contributed by atoms with Crippen molar-refractivity contribution in [2.45, 2.75) is 39.5 Å². The Morgan fingerprint density at radius 3 is 2.09 bits per heavy atom. The summed E-state index contributed by atoms with van der Waals surface area (Å²) in [7, 11) is 0. The van der Waals surface area contributed by atoms with Gasteiger partial charge >= 0.3 is 0 Å². The monoisotopic (exact) mass is 460 g/mol. The van der Waals surface area contributed by atoms with E-state index in [2.05, 4.69) is 117 Å². The molecule has 0 saturated heterocycles. The van der Waals surface area contributed by atoms with Crippen molar-refractivity contribution in [1.29, 1.82) is 0 Å². The van der Waals surface area contributed by atoms with E-state index in [4.69, 9.17) is 4.98 Å². The number of nitrogens with zero attached hydrogens (tertiary/aromatic N) is 2. The Bertz CT molecular complexity index is 1640. The highest BCUT2D eigenvalue weighted by Gasteiger charge is 2.23. The molecular formula is C31H28N2S. The van der Waals surface area contributed by atoms with Gasteiger partial charge in [0.2, 0.25) is 0 Å². The lowest BCUT2D eigenvalue weighted by Gasteiger charge is -2.22. The molecule has 34 heavy (non-hydrogen) atoms. The number of thiophene rings is 1. The average molecular weight is 461 g/mol. The zero-order chi connectivity index (χ0) is 23.4. The molecule has 0 amide bonds. The lowest BCUT2D eigenvalue weighted by atomic mass is 9.92. The molecule has 6 aromatic rings. The van der Waals surface area contributed by atoms with E-state index in [1.54, 1.807) is 11.3 Å². The second-order valence-electron chi connectivity index (χ2n) is 9.70. The Labute approximate surface area is 204 Å². The van der Waals surface area contributed by atoms with Gasteiger partial charge in [-0.25, -0.2) is 4.98 Å². The van der Waals surface area contributed by atoms with Crippen LogP contribution in [0, 0.1) is 0 Å². The van der Waals surface area contributed by atoms with E-state index in [1.165, 1.54) is 43.2 Å². The minimum absolute atomic E-state index is 0.408. The number of benzene rings is 4. The third-order valence-corrected chi connectivity index (χ3v) is 7.75. The van der Waals surface area contributed by atoms with Gasteiger partial charge in [-0.15, -0.1) is 11.3 Å². The molecule has 6 rings (SSSR count). The second-order valence-corrected chi connectivity index (χ2v) is 10.6. The van der Waals surface area contributed by atoms with Gasteiger partial charge in [-0.1, -0.05) is 82.3 Å². The fourth-order valence-corrected chi connectivity index (χ4v) is 6.06. The summed E-state index contributed by atoms with van der Waals surface area (Å²) < 4.78 is 3.73. The van der Waals surface area contributed by atoms with Crippen LogP contribution in [0.2, 0.25) is 0 Å². The summed E-state index contributed by atoms with van der Waals surface area (Å²) in [5.41, 5.74) is 7.41. The highest BCUT2D eigenvalue weighted by Crippen LogP contribution is 2.41. The zero-order valence-corrected chi connectivity index (χ0v) is 20.9. The molecule has 0 radical (unpaired) electrons.